The summed E-state index contributed by atoms with van der Waals surface area (Å²) in [6.45, 7) is 0. The fourth-order valence-corrected chi connectivity index (χ4v) is 0. The predicted octanol–water partition coefficient (Wildman–Crippen LogP) is -3.21. The van der Waals surface area contributed by atoms with Gasteiger partial charge >= 0.3 is 53.8 Å². The molecule has 0 unspecified atom stereocenters. The van der Waals surface area contributed by atoms with Crippen molar-refractivity contribution in [3.8, 4) is 0 Å². The largest absolute Gasteiger partial charge is 5.00 e. The van der Waals surface area contributed by atoms with Gasteiger partial charge < -0.3 is 46.6 Å². The predicted molar refractivity (Wildman–Crippen MR) is 18.1 cm³/mol. The Hall–Kier alpha value is 1.34. The van der Waals surface area contributed by atoms with Gasteiger partial charge in [-0.15, -0.1) is 0 Å². The van der Waals surface area contributed by atoms with E-state index in [2.05, 4.69) is 0 Å². The molecule has 0 heterocycles. The van der Waals surface area contributed by atoms with E-state index in [0.29, 0.717) is 0 Å². The topological polar surface area (TPSA) is 223 Å². The second kappa shape index (κ2) is 29.5. The van der Waals surface area contributed by atoms with Crippen molar-refractivity contribution in [1.82, 2.24) is 0 Å². The van der Waals surface area contributed by atoms with Crippen molar-refractivity contribution in [1.29, 1.82) is 0 Å². The van der Waals surface area contributed by atoms with E-state index in [1.165, 1.54) is 0 Å². The van der Waals surface area contributed by atoms with Crippen LogP contribution >= 0.6 is 0 Å². The van der Waals surface area contributed by atoms with E-state index in [1.54, 1.807) is 0 Å². The summed E-state index contributed by atoms with van der Waals surface area (Å²) < 4.78 is 0. The monoisotopic (exact) mass is 538 g/mol. The van der Waals surface area contributed by atoms with E-state index in [9.17, 15) is 0 Å². The standard InChI is InChI=1S/H4O4Si.5O.2Ta/c1-5(2,3)4;;;;;;;/h1-4H;;;;;;;/q;5*-2;2*+5. The molecule has 0 bridgehead atoms. The van der Waals surface area contributed by atoms with Crippen molar-refractivity contribution in [3.05, 3.63) is 0 Å². The van der Waals surface area contributed by atoms with Gasteiger partial charge in [-0.25, -0.2) is 0 Å². The molecule has 0 aliphatic rings. The fraction of sp³-hybridized carbons (Fsp3) is 0. The van der Waals surface area contributed by atoms with Gasteiger partial charge in [0.05, 0.1) is 0 Å². The first kappa shape index (κ1) is 71.3. The molecule has 0 aliphatic carbocycles. The van der Waals surface area contributed by atoms with Crippen molar-refractivity contribution in [2.24, 2.45) is 0 Å². The van der Waals surface area contributed by atoms with Crippen LogP contribution in [-0.2, 0) is 72.1 Å². The molecule has 0 atom stereocenters. The third kappa shape index (κ3) is 677. The molecule has 0 saturated heterocycles. The average Bonchev–Trinajstić information content (AvgIpc) is 0.722. The first-order chi connectivity index (χ1) is 2.00. The molecule has 0 aromatic rings. The molecule has 0 amide bonds. The van der Waals surface area contributed by atoms with Gasteiger partial charge in [0.25, 0.3) is 0 Å². The Morgan fingerprint density at radius 2 is 0.500 bits per heavy atom. The van der Waals surface area contributed by atoms with Gasteiger partial charge in [-0.1, -0.05) is 0 Å². The molecule has 0 fully saturated rings. The molecular formula is H4O9SiTa2. The molecule has 0 radical (unpaired) electrons. The summed E-state index contributed by atoms with van der Waals surface area (Å²) in [6.07, 6.45) is 0. The molecule has 0 aliphatic heterocycles. The van der Waals surface area contributed by atoms with Gasteiger partial charge in [0.2, 0.25) is 0 Å². The van der Waals surface area contributed by atoms with Crippen LogP contribution in [0, 0.1) is 0 Å². The van der Waals surface area contributed by atoms with Gasteiger partial charge in [-0.3, -0.25) is 0 Å². The maximum atomic E-state index is 7.33. The van der Waals surface area contributed by atoms with E-state index < -0.39 is 9.05 Å². The normalized spacial score (nSPS) is 5.00. The second-order valence-electron chi connectivity index (χ2n) is 0.600. The number of hydrogen-bond acceptors (Lipinski definition) is 4. The van der Waals surface area contributed by atoms with Gasteiger partial charge in [-0.2, -0.15) is 0 Å². The Morgan fingerprint density at radius 3 is 0.500 bits per heavy atom. The minimum atomic E-state index is -4.61. The van der Waals surface area contributed by atoms with Crippen LogP contribution < -0.4 is 0 Å². The van der Waals surface area contributed by atoms with E-state index in [0.717, 1.165) is 0 Å². The SMILES string of the molecule is O[Si](O)(O)O.[O-2].[O-2].[O-2].[O-2].[O-2].[Ta+5].[Ta+5]. The van der Waals surface area contributed by atoms with Gasteiger partial charge in [0.1, 0.15) is 0 Å². The van der Waals surface area contributed by atoms with Crippen LogP contribution in [0.15, 0.2) is 0 Å². The van der Waals surface area contributed by atoms with Crippen LogP contribution in [0.4, 0.5) is 0 Å². The molecule has 0 aromatic carbocycles. The first-order valence-electron chi connectivity index (χ1n) is 0.894. The summed E-state index contributed by atoms with van der Waals surface area (Å²) in [5.74, 6) is 0. The molecule has 72 valence electrons. The van der Waals surface area contributed by atoms with Crippen LogP contribution in [0.5, 0.6) is 0 Å². The minimum absolute atomic E-state index is 0. The van der Waals surface area contributed by atoms with Gasteiger partial charge in [0.15, 0.2) is 0 Å². The van der Waals surface area contributed by atoms with Crippen molar-refractivity contribution in [2.75, 3.05) is 0 Å². The van der Waals surface area contributed by atoms with Crippen LogP contribution in [-0.4, -0.2) is 28.2 Å². The maximum Gasteiger partial charge on any atom is 5.00 e. The third-order valence-electron chi connectivity index (χ3n) is 0. The molecule has 12 heavy (non-hydrogen) atoms. The van der Waals surface area contributed by atoms with Crippen LogP contribution in [0.2, 0.25) is 0 Å². The average molecular weight is 538 g/mol. The minimum Gasteiger partial charge on any atom is -2.00 e. The van der Waals surface area contributed by atoms with E-state index in [1.807, 2.05) is 0 Å². The van der Waals surface area contributed by atoms with Crippen molar-refractivity contribution in [2.45, 2.75) is 0 Å². The third-order valence-corrected chi connectivity index (χ3v) is 0. The second-order valence-corrected chi connectivity index (χ2v) is 1.80. The molecule has 0 aromatic heterocycles. The summed E-state index contributed by atoms with van der Waals surface area (Å²) in [4.78, 5) is 29.3. The first-order valence-corrected chi connectivity index (χ1v) is 2.68. The Bertz CT molecular complexity index is 28.0. The Balaban J connectivity index is -0.00000000381. The van der Waals surface area contributed by atoms with Crippen molar-refractivity contribution < 1.29 is 91.3 Å². The summed E-state index contributed by atoms with van der Waals surface area (Å²) in [6, 6.07) is 0. The molecule has 4 N–H and O–H groups in total. The van der Waals surface area contributed by atoms with Crippen molar-refractivity contribution >= 4 is 9.05 Å². The zero-order valence-corrected chi connectivity index (χ0v) is 12.7. The molecule has 9 nitrogen and oxygen atoms in total. The zero-order valence-electron chi connectivity index (χ0n) is 5.22. The molecular weight excluding hydrogens is 534 g/mol. The van der Waals surface area contributed by atoms with Gasteiger partial charge in [-0.05, 0) is 0 Å². The summed E-state index contributed by atoms with van der Waals surface area (Å²) in [7, 11) is -4.61. The van der Waals surface area contributed by atoms with E-state index in [-0.39, 0.29) is 72.1 Å². The Labute approximate surface area is 100 Å². The summed E-state index contributed by atoms with van der Waals surface area (Å²) in [5, 5.41) is 0. The molecule has 0 rings (SSSR count). The van der Waals surface area contributed by atoms with E-state index in [4.69, 9.17) is 19.2 Å². The summed E-state index contributed by atoms with van der Waals surface area (Å²) in [5.41, 5.74) is 0. The van der Waals surface area contributed by atoms with Crippen LogP contribution in [0.3, 0.4) is 0 Å². The Kier molecular flexibility index (Phi) is 175. The quantitative estimate of drug-likeness (QED) is 0.234. The number of hydrogen-bond donors (Lipinski definition) is 4. The maximum absolute atomic E-state index is 7.33. The van der Waals surface area contributed by atoms with E-state index >= 15 is 0 Å². The summed E-state index contributed by atoms with van der Waals surface area (Å²) >= 11 is 0. The molecule has 12 heteroatoms. The smallest absolute Gasteiger partial charge is 2.00 e. The Morgan fingerprint density at radius 1 is 0.500 bits per heavy atom. The molecule has 0 saturated carbocycles. The van der Waals surface area contributed by atoms with Crippen molar-refractivity contribution in [3.63, 3.8) is 0 Å². The van der Waals surface area contributed by atoms with Crippen LogP contribution in [0.1, 0.15) is 0 Å². The van der Waals surface area contributed by atoms with Crippen LogP contribution in [0.25, 0.3) is 0 Å². The molecule has 0 spiro atoms. The number of rotatable bonds is 0. The zero-order chi connectivity index (χ0) is 4.50. The van der Waals surface area contributed by atoms with Gasteiger partial charge in [0, 0.05) is 0 Å². The fourth-order valence-electron chi connectivity index (χ4n) is 0.